The predicted octanol–water partition coefficient (Wildman–Crippen LogP) is 15.7. The molecule has 6 heteroatoms. The van der Waals surface area contributed by atoms with Crippen LogP contribution >= 0.6 is 0 Å². The van der Waals surface area contributed by atoms with Crippen LogP contribution in [0.4, 0.5) is 0 Å². The molecule has 1 atom stereocenters. The van der Waals surface area contributed by atoms with E-state index in [4.69, 9.17) is 14.2 Å². The van der Waals surface area contributed by atoms with Crippen molar-refractivity contribution in [3.63, 3.8) is 0 Å². The lowest BCUT2D eigenvalue weighted by Gasteiger charge is -2.18. The van der Waals surface area contributed by atoms with Gasteiger partial charge in [0.25, 0.3) is 0 Å². The summed E-state index contributed by atoms with van der Waals surface area (Å²) in [5.41, 5.74) is 0. The highest BCUT2D eigenvalue weighted by molar-refractivity contribution is 5.71. The predicted molar refractivity (Wildman–Crippen MR) is 247 cm³/mol. The van der Waals surface area contributed by atoms with Crippen LogP contribution in [-0.2, 0) is 28.6 Å². The molecule has 0 radical (unpaired) electrons. The molecule has 0 amide bonds. The summed E-state index contributed by atoms with van der Waals surface area (Å²) in [7, 11) is 0. The van der Waals surface area contributed by atoms with Gasteiger partial charge >= 0.3 is 17.9 Å². The summed E-state index contributed by atoms with van der Waals surface area (Å²) in [5, 5.41) is 0. The summed E-state index contributed by atoms with van der Waals surface area (Å²) in [5.74, 6) is -0.921. The number of carbonyl (C=O) groups is 3. The van der Waals surface area contributed by atoms with Gasteiger partial charge in [0.05, 0.1) is 0 Å². The number of hydrogen-bond acceptors (Lipinski definition) is 6. The summed E-state index contributed by atoms with van der Waals surface area (Å²) in [6.45, 7) is 6.47. The fourth-order valence-electron chi connectivity index (χ4n) is 6.49. The number of hydrogen-bond donors (Lipinski definition) is 0. The Kier molecular flexibility index (Phi) is 44.5. The molecule has 0 fully saturated rings. The van der Waals surface area contributed by atoms with Gasteiger partial charge in [-0.25, -0.2) is 0 Å². The first-order valence-corrected chi connectivity index (χ1v) is 24.3. The molecule has 0 saturated heterocycles. The van der Waals surface area contributed by atoms with Gasteiger partial charge in [0, 0.05) is 19.3 Å². The van der Waals surface area contributed by atoms with E-state index in [9.17, 15) is 14.4 Å². The lowest BCUT2D eigenvalue weighted by Crippen LogP contribution is -2.30. The van der Waals surface area contributed by atoms with E-state index in [2.05, 4.69) is 81.5 Å². The van der Waals surface area contributed by atoms with Crippen molar-refractivity contribution in [2.24, 2.45) is 0 Å². The molecule has 0 bridgehead atoms. The van der Waals surface area contributed by atoms with Crippen LogP contribution in [0, 0.1) is 0 Å². The van der Waals surface area contributed by atoms with Gasteiger partial charge in [-0.3, -0.25) is 14.4 Å². The molecular weight excluding hydrogens is 721 g/mol. The Balaban J connectivity index is 4.35. The lowest BCUT2D eigenvalue weighted by molar-refractivity contribution is -0.167. The molecule has 0 aliphatic heterocycles. The minimum Gasteiger partial charge on any atom is -0.462 e. The largest absolute Gasteiger partial charge is 0.462 e. The second-order valence-corrected chi connectivity index (χ2v) is 16.0. The zero-order valence-corrected chi connectivity index (χ0v) is 38.0. The molecule has 0 N–H and O–H groups in total. The van der Waals surface area contributed by atoms with Crippen molar-refractivity contribution in [2.45, 2.75) is 239 Å². The number of rotatable bonds is 43. The van der Waals surface area contributed by atoms with E-state index in [1.54, 1.807) is 0 Å². The van der Waals surface area contributed by atoms with Crippen LogP contribution in [0.15, 0.2) is 60.8 Å². The number of unbranched alkanes of at least 4 members (excludes halogenated alkanes) is 22. The van der Waals surface area contributed by atoms with E-state index in [1.807, 2.05) is 0 Å². The van der Waals surface area contributed by atoms with Crippen LogP contribution in [-0.4, -0.2) is 37.2 Å². The highest BCUT2D eigenvalue weighted by Gasteiger charge is 2.19. The average molecular weight is 811 g/mol. The standard InChI is InChI=1S/C52H90O6/c1-4-7-10-13-16-19-22-23-24-25-26-27-28-29-31-33-36-39-42-45-51(54)57-48-49(47-56-50(53)44-41-38-35-32-21-18-15-12-9-6-3)58-52(55)46-43-40-37-34-30-20-17-14-11-8-5-2/h12,14-17,19,23-24,26-27,49H,4-11,13,18,20-22,25,28-48H2,1-3H3/b15-12-,17-14-,19-16-,24-23-,27-26-. The molecule has 334 valence electrons. The van der Waals surface area contributed by atoms with Crippen molar-refractivity contribution >= 4 is 17.9 Å². The second kappa shape index (κ2) is 46.8. The van der Waals surface area contributed by atoms with E-state index < -0.39 is 6.10 Å². The maximum absolute atomic E-state index is 12.7. The van der Waals surface area contributed by atoms with Crippen LogP contribution in [0.25, 0.3) is 0 Å². The molecule has 0 aromatic heterocycles. The fraction of sp³-hybridized carbons (Fsp3) is 0.750. The van der Waals surface area contributed by atoms with Crippen LogP contribution in [0.3, 0.4) is 0 Å². The molecule has 0 aromatic rings. The maximum Gasteiger partial charge on any atom is 0.306 e. The smallest absolute Gasteiger partial charge is 0.306 e. The third-order valence-electron chi connectivity index (χ3n) is 10.2. The molecule has 0 rings (SSSR count). The highest BCUT2D eigenvalue weighted by Crippen LogP contribution is 2.13. The van der Waals surface area contributed by atoms with Gasteiger partial charge in [0.2, 0.25) is 0 Å². The number of allylic oxidation sites excluding steroid dienone is 10. The molecule has 0 aliphatic carbocycles. The van der Waals surface area contributed by atoms with Crippen molar-refractivity contribution in [3.8, 4) is 0 Å². The third kappa shape index (κ3) is 44.2. The quantitative estimate of drug-likeness (QED) is 0.0264. The average Bonchev–Trinajstić information content (AvgIpc) is 3.22. The summed E-state index contributed by atoms with van der Waals surface area (Å²) in [4.78, 5) is 37.8. The first-order valence-electron chi connectivity index (χ1n) is 24.3. The molecule has 0 saturated carbocycles. The van der Waals surface area contributed by atoms with Crippen molar-refractivity contribution in [2.75, 3.05) is 13.2 Å². The van der Waals surface area contributed by atoms with Gasteiger partial charge in [-0.15, -0.1) is 0 Å². The van der Waals surface area contributed by atoms with Gasteiger partial charge in [-0.05, 0) is 96.3 Å². The monoisotopic (exact) mass is 811 g/mol. The van der Waals surface area contributed by atoms with E-state index in [0.29, 0.717) is 19.3 Å². The molecule has 0 heterocycles. The van der Waals surface area contributed by atoms with Crippen molar-refractivity contribution in [1.29, 1.82) is 0 Å². The minimum absolute atomic E-state index is 0.0868. The molecule has 58 heavy (non-hydrogen) atoms. The Bertz CT molecular complexity index is 1070. The van der Waals surface area contributed by atoms with Gasteiger partial charge in [0.15, 0.2) is 6.10 Å². The molecular formula is C52H90O6. The zero-order chi connectivity index (χ0) is 42.3. The van der Waals surface area contributed by atoms with Crippen molar-refractivity contribution in [1.82, 2.24) is 0 Å². The Labute approximate surface area is 358 Å². The minimum atomic E-state index is -0.784. The third-order valence-corrected chi connectivity index (χ3v) is 10.2. The summed E-state index contributed by atoms with van der Waals surface area (Å²) < 4.78 is 16.7. The topological polar surface area (TPSA) is 78.9 Å². The van der Waals surface area contributed by atoms with E-state index in [-0.39, 0.29) is 31.1 Å². The SMILES string of the molecule is CCC/C=C\CCCCCCCC(=O)OCC(COC(=O)CCCCCCCC/C=C\C/C=C\C/C=C\CCCCC)OC(=O)CCCCCCC/C=C\CCCC. The maximum atomic E-state index is 12.7. The van der Waals surface area contributed by atoms with Crippen LogP contribution < -0.4 is 0 Å². The van der Waals surface area contributed by atoms with Crippen LogP contribution in [0.1, 0.15) is 233 Å². The molecule has 0 aliphatic rings. The van der Waals surface area contributed by atoms with Crippen molar-refractivity contribution in [3.05, 3.63) is 60.8 Å². The second-order valence-electron chi connectivity index (χ2n) is 16.0. The summed E-state index contributed by atoms with van der Waals surface area (Å²) >= 11 is 0. The van der Waals surface area contributed by atoms with Crippen LogP contribution in [0.5, 0.6) is 0 Å². The number of carbonyl (C=O) groups excluding carboxylic acids is 3. The van der Waals surface area contributed by atoms with E-state index in [0.717, 1.165) is 103 Å². The van der Waals surface area contributed by atoms with Gasteiger partial charge in [0.1, 0.15) is 13.2 Å². The Morgan fingerprint density at radius 2 is 0.672 bits per heavy atom. The lowest BCUT2D eigenvalue weighted by atomic mass is 10.1. The molecule has 6 nitrogen and oxygen atoms in total. The Morgan fingerprint density at radius 1 is 0.345 bits per heavy atom. The number of esters is 3. The van der Waals surface area contributed by atoms with Gasteiger partial charge in [-0.2, -0.15) is 0 Å². The summed E-state index contributed by atoms with van der Waals surface area (Å²) in [6, 6.07) is 0. The first-order chi connectivity index (χ1) is 28.5. The normalized spacial score (nSPS) is 12.5. The Hall–Kier alpha value is -2.89. The van der Waals surface area contributed by atoms with E-state index >= 15 is 0 Å². The zero-order valence-electron chi connectivity index (χ0n) is 38.0. The van der Waals surface area contributed by atoms with Gasteiger partial charge in [-0.1, -0.05) is 178 Å². The molecule has 1 unspecified atom stereocenters. The molecule has 0 aromatic carbocycles. The van der Waals surface area contributed by atoms with Crippen molar-refractivity contribution < 1.29 is 28.6 Å². The highest BCUT2D eigenvalue weighted by atomic mass is 16.6. The first kappa shape index (κ1) is 55.1. The Morgan fingerprint density at radius 3 is 1.10 bits per heavy atom. The van der Waals surface area contributed by atoms with Gasteiger partial charge < -0.3 is 14.2 Å². The molecule has 0 spiro atoms. The summed E-state index contributed by atoms with van der Waals surface area (Å²) in [6.07, 6.45) is 56.3. The van der Waals surface area contributed by atoms with Crippen LogP contribution in [0.2, 0.25) is 0 Å². The van der Waals surface area contributed by atoms with E-state index in [1.165, 1.54) is 89.9 Å². The number of ether oxygens (including phenoxy) is 3. The fourth-order valence-corrected chi connectivity index (χ4v) is 6.49.